The summed E-state index contributed by atoms with van der Waals surface area (Å²) in [5.41, 5.74) is 0. The smallest absolute Gasteiger partial charge is 0.222 e. The van der Waals surface area contributed by atoms with Crippen LogP contribution in [0.15, 0.2) is 0 Å². The number of likely N-dealkylation sites (N-methyl/N-ethyl adjacent to an activating group) is 1. The number of carbonyl (C=O) groups is 1. The van der Waals surface area contributed by atoms with Crippen molar-refractivity contribution in [2.75, 3.05) is 20.1 Å². The summed E-state index contributed by atoms with van der Waals surface area (Å²) in [7, 11) is 1.96. The van der Waals surface area contributed by atoms with Crippen molar-refractivity contribution in [2.45, 2.75) is 51.0 Å². The Bertz CT molecular complexity index is 236. The fourth-order valence-electron chi connectivity index (χ4n) is 2.71. The summed E-state index contributed by atoms with van der Waals surface area (Å²) in [4.78, 5) is 14.0. The molecule has 1 aliphatic carbocycles. The van der Waals surface area contributed by atoms with Gasteiger partial charge in [0.1, 0.15) is 0 Å². The number of hydrogen-bond donors (Lipinski definition) is 1. The van der Waals surface area contributed by atoms with Gasteiger partial charge >= 0.3 is 0 Å². The minimum atomic E-state index is 0. The predicted octanol–water partition coefficient (Wildman–Crippen LogP) is 2.20. The number of amides is 1. The van der Waals surface area contributed by atoms with E-state index < -0.39 is 0 Å². The predicted molar refractivity (Wildman–Crippen MR) is 72.5 cm³/mol. The summed E-state index contributed by atoms with van der Waals surface area (Å²) in [6.07, 6.45) is 8.71. The fourth-order valence-corrected chi connectivity index (χ4v) is 2.71. The Hall–Kier alpha value is -0.280. The molecule has 0 atom stereocenters. The van der Waals surface area contributed by atoms with Crippen molar-refractivity contribution in [1.29, 1.82) is 0 Å². The molecule has 0 bridgehead atoms. The van der Waals surface area contributed by atoms with Crippen LogP contribution in [0.2, 0.25) is 0 Å². The molecule has 0 radical (unpaired) electrons. The average molecular weight is 261 g/mol. The molecule has 1 aliphatic heterocycles. The Morgan fingerprint density at radius 1 is 1.18 bits per heavy atom. The molecule has 2 aliphatic rings. The third-order valence-electron chi connectivity index (χ3n) is 4.14. The SMILES string of the molecule is CN(C(=O)CC1CCCCCC1)C1CNC1.Cl. The van der Waals surface area contributed by atoms with Crippen LogP contribution in [0.25, 0.3) is 0 Å². The second kappa shape index (κ2) is 7.22. The van der Waals surface area contributed by atoms with Gasteiger partial charge in [0.2, 0.25) is 5.91 Å². The zero-order valence-electron chi connectivity index (χ0n) is 10.8. The Morgan fingerprint density at radius 3 is 2.24 bits per heavy atom. The minimum Gasteiger partial charge on any atom is -0.340 e. The first kappa shape index (κ1) is 14.8. The largest absolute Gasteiger partial charge is 0.340 e. The van der Waals surface area contributed by atoms with E-state index in [9.17, 15) is 4.79 Å². The van der Waals surface area contributed by atoms with Crippen LogP contribution in [0.5, 0.6) is 0 Å². The van der Waals surface area contributed by atoms with Gasteiger partial charge in [0.15, 0.2) is 0 Å². The van der Waals surface area contributed by atoms with Crippen molar-refractivity contribution in [3.05, 3.63) is 0 Å². The molecular weight excluding hydrogens is 236 g/mol. The van der Waals surface area contributed by atoms with E-state index in [1.54, 1.807) is 0 Å². The molecule has 1 saturated heterocycles. The summed E-state index contributed by atoms with van der Waals surface area (Å²) in [5, 5.41) is 3.22. The van der Waals surface area contributed by atoms with Crippen molar-refractivity contribution >= 4 is 18.3 Å². The van der Waals surface area contributed by atoms with Gasteiger partial charge < -0.3 is 10.2 Å². The van der Waals surface area contributed by atoms with Crippen molar-refractivity contribution in [2.24, 2.45) is 5.92 Å². The zero-order valence-corrected chi connectivity index (χ0v) is 11.6. The lowest BCUT2D eigenvalue weighted by Crippen LogP contribution is -2.57. The molecule has 0 aromatic carbocycles. The molecule has 2 fully saturated rings. The maximum absolute atomic E-state index is 12.1. The quantitative estimate of drug-likeness (QED) is 0.789. The molecule has 1 saturated carbocycles. The summed E-state index contributed by atoms with van der Waals surface area (Å²) in [6.45, 7) is 1.96. The van der Waals surface area contributed by atoms with Crippen LogP contribution < -0.4 is 5.32 Å². The van der Waals surface area contributed by atoms with Crippen LogP contribution >= 0.6 is 12.4 Å². The van der Waals surface area contributed by atoms with Gasteiger partial charge in [0.05, 0.1) is 6.04 Å². The number of nitrogens with zero attached hydrogens (tertiary/aromatic N) is 1. The van der Waals surface area contributed by atoms with Gasteiger partial charge in [-0.3, -0.25) is 4.79 Å². The normalized spacial score (nSPS) is 22.2. The van der Waals surface area contributed by atoms with Gasteiger partial charge in [-0.15, -0.1) is 12.4 Å². The maximum Gasteiger partial charge on any atom is 0.222 e. The Labute approximate surface area is 111 Å². The number of hydrogen-bond acceptors (Lipinski definition) is 2. The minimum absolute atomic E-state index is 0. The van der Waals surface area contributed by atoms with Crippen molar-refractivity contribution in [1.82, 2.24) is 10.2 Å². The first-order chi connectivity index (χ1) is 7.77. The average Bonchev–Trinajstić information content (AvgIpc) is 2.43. The summed E-state index contributed by atoms with van der Waals surface area (Å²) < 4.78 is 0. The van der Waals surface area contributed by atoms with Gasteiger partial charge in [-0.25, -0.2) is 0 Å². The van der Waals surface area contributed by atoms with Gasteiger partial charge in [0.25, 0.3) is 0 Å². The zero-order chi connectivity index (χ0) is 11.4. The highest BCUT2D eigenvalue weighted by atomic mass is 35.5. The number of nitrogens with one attached hydrogen (secondary N) is 1. The van der Waals surface area contributed by atoms with Crippen LogP contribution in [0.4, 0.5) is 0 Å². The van der Waals surface area contributed by atoms with E-state index in [0.29, 0.717) is 17.9 Å². The van der Waals surface area contributed by atoms with E-state index in [4.69, 9.17) is 0 Å². The molecule has 3 nitrogen and oxygen atoms in total. The van der Waals surface area contributed by atoms with E-state index in [1.807, 2.05) is 11.9 Å². The number of halogens is 1. The van der Waals surface area contributed by atoms with Gasteiger partial charge in [-0.05, 0) is 18.8 Å². The fraction of sp³-hybridized carbons (Fsp3) is 0.923. The van der Waals surface area contributed by atoms with E-state index in [1.165, 1.54) is 38.5 Å². The maximum atomic E-state index is 12.1. The van der Waals surface area contributed by atoms with Crippen LogP contribution in [0.1, 0.15) is 44.9 Å². The lowest BCUT2D eigenvalue weighted by Gasteiger charge is -2.36. The number of carbonyl (C=O) groups excluding carboxylic acids is 1. The van der Waals surface area contributed by atoms with E-state index in [0.717, 1.165) is 19.5 Å². The number of rotatable bonds is 3. The monoisotopic (exact) mass is 260 g/mol. The molecule has 0 aromatic heterocycles. The van der Waals surface area contributed by atoms with Crippen LogP contribution in [-0.4, -0.2) is 37.0 Å². The Kier molecular flexibility index (Phi) is 6.28. The molecule has 2 rings (SSSR count). The van der Waals surface area contributed by atoms with Crippen molar-refractivity contribution in [3.63, 3.8) is 0 Å². The van der Waals surface area contributed by atoms with Gasteiger partial charge in [-0.1, -0.05) is 25.7 Å². The van der Waals surface area contributed by atoms with E-state index in [2.05, 4.69) is 5.32 Å². The Balaban J connectivity index is 0.00000144. The van der Waals surface area contributed by atoms with Crippen molar-refractivity contribution < 1.29 is 4.79 Å². The highest BCUT2D eigenvalue weighted by Crippen LogP contribution is 2.26. The molecule has 1 amide bonds. The molecule has 1 N–H and O–H groups in total. The molecule has 0 aromatic rings. The topological polar surface area (TPSA) is 32.3 Å². The van der Waals surface area contributed by atoms with Gasteiger partial charge in [-0.2, -0.15) is 0 Å². The van der Waals surface area contributed by atoms with E-state index in [-0.39, 0.29) is 12.4 Å². The summed E-state index contributed by atoms with van der Waals surface area (Å²) in [5.74, 6) is 1.02. The molecule has 4 heteroatoms. The summed E-state index contributed by atoms with van der Waals surface area (Å²) in [6, 6.07) is 0.457. The standard InChI is InChI=1S/C13H24N2O.ClH/c1-15(12-9-14-10-12)13(16)8-11-6-4-2-3-5-7-11;/h11-12,14H,2-10H2,1H3;1H. The van der Waals surface area contributed by atoms with Gasteiger partial charge in [0, 0.05) is 26.6 Å². The van der Waals surface area contributed by atoms with E-state index >= 15 is 0 Å². The molecule has 0 unspecified atom stereocenters. The second-order valence-corrected chi connectivity index (χ2v) is 5.38. The third kappa shape index (κ3) is 4.14. The highest BCUT2D eigenvalue weighted by molar-refractivity contribution is 5.85. The first-order valence-corrected chi connectivity index (χ1v) is 6.74. The molecule has 1 heterocycles. The van der Waals surface area contributed by atoms with Crippen LogP contribution in [0, 0.1) is 5.92 Å². The third-order valence-corrected chi connectivity index (χ3v) is 4.14. The van der Waals surface area contributed by atoms with Crippen molar-refractivity contribution in [3.8, 4) is 0 Å². The lowest BCUT2D eigenvalue weighted by atomic mass is 9.95. The lowest BCUT2D eigenvalue weighted by molar-refractivity contribution is -0.134. The highest BCUT2D eigenvalue weighted by Gasteiger charge is 2.26. The summed E-state index contributed by atoms with van der Waals surface area (Å²) >= 11 is 0. The first-order valence-electron chi connectivity index (χ1n) is 6.74. The second-order valence-electron chi connectivity index (χ2n) is 5.38. The van der Waals surface area contributed by atoms with Crippen LogP contribution in [-0.2, 0) is 4.79 Å². The molecular formula is C13H25ClN2O. The molecule has 17 heavy (non-hydrogen) atoms. The molecule has 100 valence electrons. The Morgan fingerprint density at radius 2 is 1.76 bits per heavy atom. The van der Waals surface area contributed by atoms with Crippen LogP contribution in [0.3, 0.4) is 0 Å². The molecule has 0 spiro atoms.